The third kappa shape index (κ3) is 1.06. The van der Waals surface area contributed by atoms with E-state index in [0.717, 1.165) is 0 Å². The molecule has 0 aromatic carbocycles. The maximum Gasteiger partial charge on any atom is 0.129 e. The predicted octanol–water partition coefficient (Wildman–Crippen LogP) is 0.752. The molecule has 4 nitrogen and oxygen atoms in total. The Morgan fingerprint density at radius 3 is 2.92 bits per heavy atom. The predicted molar refractivity (Wildman–Crippen MR) is 41.8 cm³/mol. The van der Waals surface area contributed by atoms with Crippen LogP contribution in [0.1, 0.15) is 0 Å². The average molecular weight is 181 g/mol. The summed E-state index contributed by atoms with van der Waals surface area (Å²) in [5.74, 6) is -0.329. The van der Waals surface area contributed by atoms with Crippen LogP contribution in [0, 0.1) is 0 Å². The van der Waals surface area contributed by atoms with Crippen molar-refractivity contribution in [2.24, 2.45) is 0 Å². The van der Waals surface area contributed by atoms with Crippen LogP contribution in [0.2, 0.25) is 5.15 Å². The second-order valence-electron chi connectivity index (χ2n) is 2.20. The van der Waals surface area contributed by atoms with Gasteiger partial charge in [0.15, 0.2) is 0 Å². The summed E-state index contributed by atoms with van der Waals surface area (Å²) in [5.41, 5.74) is 0.513. The van der Waals surface area contributed by atoms with E-state index in [1.54, 1.807) is 0 Å². The van der Waals surface area contributed by atoms with Crippen LogP contribution in [0.3, 0.4) is 0 Å². The van der Waals surface area contributed by atoms with E-state index >= 15 is 0 Å². The van der Waals surface area contributed by atoms with Gasteiger partial charge in [-0.3, -0.25) is 4.98 Å². The molecule has 0 saturated heterocycles. The molecule has 0 radical (unpaired) electrons. The first-order valence-corrected chi connectivity index (χ1v) is 3.58. The van der Waals surface area contributed by atoms with Gasteiger partial charge in [-0.25, -0.2) is 9.97 Å². The van der Waals surface area contributed by atoms with Crippen molar-refractivity contribution >= 4 is 22.5 Å². The van der Waals surface area contributed by atoms with Gasteiger partial charge in [0, 0.05) is 5.39 Å². The molecule has 2 aromatic heterocycles. The van der Waals surface area contributed by atoms with Gasteiger partial charge >= 0.3 is 0 Å². The fraction of sp³-hybridized carbons (Fsp3) is 0. The fourth-order valence-corrected chi connectivity index (χ4v) is 1.07. The third-order valence-corrected chi connectivity index (χ3v) is 1.66. The first-order valence-electron chi connectivity index (χ1n) is 3.20. The number of halogens is 1. The van der Waals surface area contributed by atoms with Crippen molar-refractivity contribution in [1.29, 1.82) is 0 Å². The smallest absolute Gasteiger partial charge is 0.129 e. The van der Waals surface area contributed by atoms with Gasteiger partial charge in [0.1, 0.15) is 11.5 Å². The molecule has 12 heavy (non-hydrogen) atoms. The lowest BCUT2D eigenvalue weighted by atomic mass is 10.3. The molecule has 0 atom stereocenters. The Bertz CT molecular complexity index is 432. The Balaban J connectivity index is 2.88. The van der Waals surface area contributed by atoms with Gasteiger partial charge in [0.05, 0.1) is 11.7 Å². The molecular formula is C7H3ClN3O-. The lowest BCUT2D eigenvalue weighted by Crippen LogP contribution is -1.96. The van der Waals surface area contributed by atoms with Crippen molar-refractivity contribution in [3.63, 3.8) is 0 Å². The second-order valence-corrected chi connectivity index (χ2v) is 2.59. The molecule has 0 aliphatic heterocycles. The summed E-state index contributed by atoms with van der Waals surface area (Å²) in [7, 11) is 0. The monoisotopic (exact) mass is 180 g/mol. The number of nitrogens with zero attached hydrogens (tertiary/aromatic N) is 3. The molecule has 0 amide bonds. The number of hydrogen-bond donors (Lipinski definition) is 0. The molecule has 0 unspecified atom stereocenters. The fourth-order valence-electron chi connectivity index (χ4n) is 0.910. The number of rotatable bonds is 0. The Kier molecular flexibility index (Phi) is 1.55. The minimum atomic E-state index is -0.329. The second kappa shape index (κ2) is 2.57. The van der Waals surface area contributed by atoms with E-state index in [0.29, 0.717) is 10.9 Å². The molecule has 2 aromatic rings. The van der Waals surface area contributed by atoms with Crippen LogP contribution in [-0.4, -0.2) is 15.0 Å². The lowest BCUT2D eigenvalue weighted by molar-refractivity contribution is -0.272. The standard InChI is InChI=1S/C7H4ClN3O/c8-6-1-4-5(2-9-6)10-3-11-7(4)12/h1-3H,(H,10,11,12)/p-1. The van der Waals surface area contributed by atoms with E-state index in [9.17, 15) is 5.11 Å². The summed E-state index contributed by atoms with van der Waals surface area (Å²) in [5, 5.41) is 11.8. The first kappa shape index (κ1) is 7.24. The topological polar surface area (TPSA) is 61.7 Å². The van der Waals surface area contributed by atoms with E-state index in [1.165, 1.54) is 18.6 Å². The van der Waals surface area contributed by atoms with Crippen LogP contribution in [0.25, 0.3) is 10.9 Å². The molecule has 0 spiro atoms. The van der Waals surface area contributed by atoms with E-state index in [-0.39, 0.29) is 11.0 Å². The highest BCUT2D eigenvalue weighted by Crippen LogP contribution is 2.19. The summed E-state index contributed by atoms with van der Waals surface area (Å²) < 4.78 is 0. The Morgan fingerprint density at radius 1 is 1.25 bits per heavy atom. The van der Waals surface area contributed by atoms with Gasteiger partial charge in [0.25, 0.3) is 0 Å². The highest BCUT2D eigenvalue weighted by Gasteiger charge is 1.96. The summed E-state index contributed by atoms with van der Waals surface area (Å²) in [4.78, 5) is 11.1. The lowest BCUT2D eigenvalue weighted by Gasteiger charge is -2.06. The van der Waals surface area contributed by atoms with E-state index < -0.39 is 0 Å². The zero-order valence-corrected chi connectivity index (χ0v) is 6.62. The van der Waals surface area contributed by atoms with E-state index in [2.05, 4.69) is 15.0 Å². The zero-order chi connectivity index (χ0) is 8.55. The summed E-state index contributed by atoms with van der Waals surface area (Å²) in [6.45, 7) is 0. The molecule has 0 N–H and O–H groups in total. The van der Waals surface area contributed by atoms with Gasteiger partial charge in [-0.2, -0.15) is 0 Å². The maximum absolute atomic E-state index is 11.1. The molecule has 0 bridgehead atoms. The molecule has 60 valence electrons. The number of pyridine rings is 1. The Morgan fingerprint density at radius 2 is 2.08 bits per heavy atom. The molecule has 0 fully saturated rings. The van der Waals surface area contributed by atoms with Crippen molar-refractivity contribution in [2.45, 2.75) is 0 Å². The highest BCUT2D eigenvalue weighted by atomic mass is 35.5. The van der Waals surface area contributed by atoms with Crippen LogP contribution < -0.4 is 5.11 Å². The van der Waals surface area contributed by atoms with Crippen molar-refractivity contribution < 1.29 is 5.11 Å². The quantitative estimate of drug-likeness (QED) is 0.562. The zero-order valence-electron chi connectivity index (χ0n) is 5.86. The van der Waals surface area contributed by atoms with Crippen molar-refractivity contribution in [3.8, 4) is 5.88 Å². The molecule has 0 saturated carbocycles. The molecule has 0 aliphatic carbocycles. The third-order valence-electron chi connectivity index (χ3n) is 1.45. The number of aromatic nitrogens is 3. The number of fused-ring (bicyclic) bond motifs is 1. The normalized spacial score (nSPS) is 10.4. The van der Waals surface area contributed by atoms with E-state index in [1.807, 2.05) is 0 Å². The molecular weight excluding hydrogens is 178 g/mol. The number of hydrogen-bond acceptors (Lipinski definition) is 4. The highest BCUT2D eigenvalue weighted by molar-refractivity contribution is 6.30. The Hall–Kier alpha value is -1.42. The molecule has 0 aliphatic rings. The molecule has 5 heteroatoms. The maximum atomic E-state index is 11.1. The minimum Gasteiger partial charge on any atom is -0.858 e. The van der Waals surface area contributed by atoms with Crippen molar-refractivity contribution in [3.05, 3.63) is 23.7 Å². The van der Waals surface area contributed by atoms with Gasteiger partial charge in [-0.15, -0.1) is 0 Å². The Labute approximate surface area is 72.9 Å². The minimum absolute atomic E-state index is 0.273. The van der Waals surface area contributed by atoms with Gasteiger partial charge in [-0.05, 0) is 11.9 Å². The van der Waals surface area contributed by atoms with Crippen LogP contribution in [0.5, 0.6) is 5.88 Å². The average Bonchev–Trinajstić information content (AvgIpc) is 2.07. The summed E-state index contributed by atoms with van der Waals surface area (Å²) >= 11 is 5.59. The van der Waals surface area contributed by atoms with Gasteiger partial charge in [0.2, 0.25) is 0 Å². The van der Waals surface area contributed by atoms with E-state index in [4.69, 9.17) is 11.6 Å². The van der Waals surface area contributed by atoms with Crippen molar-refractivity contribution in [1.82, 2.24) is 15.0 Å². The van der Waals surface area contributed by atoms with Gasteiger partial charge < -0.3 is 5.11 Å². The van der Waals surface area contributed by atoms with Crippen molar-refractivity contribution in [2.75, 3.05) is 0 Å². The van der Waals surface area contributed by atoms with Crippen LogP contribution in [0.4, 0.5) is 0 Å². The molecule has 2 heterocycles. The van der Waals surface area contributed by atoms with Crippen LogP contribution in [0.15, 0.2) is 18.6 Å². The SMILES string of the molecule is [O-]c1ncnc2cnc(Cl)cc12. The van der Waals surface area contributed by atoms with Crippen LogP contribution in [-0.2, 0) is 0 Å². The van der Waals surface area contributed by atoms with Crippen LogP contribution >= 0.6 is 11.6 Å². The first-order chi connectivity index (χ1) is 5.77. The molecule has 2 rings (SSSR count). The summed E-state index contributed by atoms with van der Waals surface area (Å²) in [6, 6.07) is 1.46. The largest absolute Gasteiger partial charge is 0.858 e. The van der Waals surface area contributed by atoms with Gasteiger partial charge in [-0.1, -0.05) is 11.6 Å². The summed E-state index contributed by atoms with van der Waals surface area (Å²) in [6.07, 6.45) is 2.65.